The van der Waals surface area contributed by atoms with E-state index < -0.39 is 17.9 Å². The molecule has 0 amide bonds. The third kappa shape index (κ3) is 6.41. The Bertz CT molecular complexity index is 2160. The van der Waals surface area contributed by atoms with Crippen LogP contribution in [0.3, 0.4) is 0 Å². The Balaban J connectivity index is 0.00000486. The standard InChI is InChI=1S/C40H47N4O5.Mg/c1-10-24-20(5)27-16-29-22(7)26(12-13-33(45)49-15-14-19(3)4)37(43-29)35-36(40(47)48-9)39(46)34-23(8)30(44-38(34)35)18-32-25(11-2)21(6)28(42-32)17-31(24)41-27;/h14,16-18,22,26,36-37,43,46H,10-13,15H2,1-9H3;/q-3;+2/b28-17-,29-16-,32-18-;/t22-,26-,36+,37?;/m0./s1. The van der Waals surface area contributed by atoms with Gasteiger partial charge >= 0.3 is 35.0 Å². The smallest absolute Gasteiger partial charge is 0.657 e. The average molecular weight is 688 g/mol. The van der Waals surface area contributed by atoms with E-state index in [-0.39, 0.29) is 59.6 Å². The van der Waals surface area contributed by atoms with Gasteiger partial charge in [-0.25, -0.2) is 0 Å². The van der Waals surface area contributed by atoms with Crippen LogP contribution in [0.2, 0.25) is 0 Å². The van der Waals surface area contributed by atoms with Crippen molar-refractivity contribution in [2.45, 2.75) is 87.1 Å². The number of methoxy groups -OCH3 is 1. The molecular formula is C40H47MgN4O5-. The quantitative estimate of drug-likeness (QED) is 0.209. The van der Waals surface area contributed by atoms with Crippen molar-refractivity contribution in [2.75, 3.05) is 13.7 Å². The van der Waals surface area contributed by atoms with Crippen LogP contribution in [0.5, 0.6) is 0 Å². The van der Waals surface area contributed by atoms with Gasteiger partial charge in [-0.3, -0.25) is 9.59 Å². The molecule has 3 aromatic rings. The summed E-state index contributed by atoms with van der Waals surface area (Å²) in [5.41, 5.74) is 10.5. The first kappa shape index (κ1) is 37.4. The molecule has 0 spiro atoms. The third-order valence-corrected chi connectivity index (χ3v) is 10.7. The van der Waals surface area contributed by atoms with Gasteiger partial charge in [-0.2, -0.15) is 0 Å². The molecule has 9 nitrogen and oxygen atoms in total. The molecule has 6 rings (SSSR count). The SMILES string of the molecule is CCc1c2[n-]c(c1C)/C=C1\NC(C3=c4[n-]c(c(C)c4=C(O)[C@@H]3C(=O)OC)/C=c3\[n-]/c(c(C)c3CC)=C\2)[C@@H](CCC(=O)OCC=C(C)C)[C@@H]1C.[Mg+2]. The second kappa shape index (κ2) is 14.8. The van der Waals surface area contributed by atoms with E-state index in [0.29, 0.717) is 28.3 Å². The minimum Gasteiger partial charge on any atom is -0.657 e. The van der Waals surface area contributed by atoms with Crippen LogP contribution in [-0.2, 0) is 31.9 Å². The second-order valence-corrected chi connectivity index (χ2v) is 13.8. The largest absolute Gasteiger partial charge is 2.00 e. The van der Waals surface area contributed by atoms with Crippen LogP contribution in [0.15, 0.2) is 17.3 Å². The maximum atomic E-state index is 13.5. The average Bonchev–Trinajstić information content (AvgIpc) is 3.80. The number of ether oxygens (including phenoxy) is 2. The molecule has 1 fully saturated rings. The molecule has 8 bridgehead atoms. The number of fused-ring (bicyclic) bond motifs is 8. The Labute approximate surface area is 309 Å². The first-order chi connectivity index (χ1) is 23.4. The normalized spacial score (nSPS) is 22.7. The van der Waals surface area contributed by atoms with E-state index in [0.717, 1.165) is 68.5 Å². The zero-order chi connectivity index (χ0) is 35.3. The van der Waals surface area contributed by atoms with Crippen molar-refractivity contribution >= 4 is 64.6 Å². The Morgan fingerprint density at radius 1 is 0.920 bits per heavy atom. The van der Waals surface area contributed by atoms with Gasteiger partial charge in [0.2, 0.25) is 0 Å². The minimum atomic E-state index is -1.02. The maximum Gasteiger partial charge on any atom is 2.00 e. The molecule has 0 saturated carbocycles. The van der Waals surface area contributed by atoms with Crippen LogP contribution < -0.4 is 41.5 Å². The van der Waals surface area contributed by atoms with Crippen LogP contribution in [0.25, 0.3) is 29.6 Å². The van der Waals surface area contributed by atoms with Crippen molar-refractivity contribution in [3.8, 4) is 0 Å². The number of esters is 2. The maximum absolute atomic E-state index is 13.5. The molecular weight excluding hydrogens is 641 g/mol. The summed E-state index contributed by atoms with van der Waals surface area (Å²) in [6.07, 6.45) is 10.4. The Hall–Kier alpha value is -3.89. The van der Waals surface area contributed by atoms with E-state index in [9.17, 15) is 14.7 Å². The summed E-state index contributed by atoms with van der Waals surface area (Å²) in [6.45, 7) is 16.7. The number of rotatable bonds is 8. The summed E-state index contributed by atoms with van der Waals surface area (Å²) in [5, 5.41) is 18.4. The van der Waals surface area contributed by atoms with Crippen LogP contribution in [0, 0.1) is 38.5 Å². The number of aromatic nitrogens is 3. The van der Waals surface area contributed by atoms with Crippen LogP contribution in [0.4, 0.5) is 0 Å². The van der Waals surface area contributed by atoms with E-state index >= 15 is 0 Å². The van der Waals surface area contributed by atoms with E-state index in [1.54, 1.807) is 0 Å². The fourth-order valence-corrected chi connectivity index (χ4v) is 7.91. The fraction of sp³-hybridized carbons (Fsp3) is 0.450. The predicted octanol–water partition coefficient (Wildman–Crippen LogP) is 2.37. The van der Waals surface area contributed by atoms with E-state index in [2.05, 4.69) is 52.1 Å². The number of hydrogen-bond acceptors (Lipinski definition) is 6. The first-order valence-electron chi connectivity index (χ1n) is 17.4. The van der Waals surface area contributed by atoms with Crippen LogP contribution >= 0.6 is 0 Å². The van der Waals surface area contributed by atoms with Gasteiger partial charge in [0.1, 0.15) is 18.3 Å². The van der Waals surface area contributed by atoms with Gasteiger partial charge in [-0.1, -0.05) is 72.4 Å². The Kier molecular flexibility index (Phi) is 11.0. The van der Waals surface area contributed by atoms with E-state index in [1.165, 1.54) is 12.7 Å². The van der Waals surface area contributed by atoms with Crippen molar-refractivity contribution < 1.29 is 24.2 Å². The van der Waals surface area contributed by atoms with Crippen molar-refractivity contribution in [2.24, 2.45) is 17.8 Å². The van der Waals surface area contributed by atoms with Gasteiger partial charge in [-0.15, -0.1) is 33.1 Å². The summed E-state index contributed by atoms with van der Waals surface area (Å²) >= 11 is 0. The number of carbonyl (C=O) groups excluding carboxylic acids is 2. The molecule has 1 saturated heterocycles. The Morgan fingerprint density at radius 2 is 1.60 bits per heavy atom. The Morgan fingerprint density at radius 3 is 2.26 bits per heavy atom. The van der Waals surface area contributed by atoms with Gasteiger partial charge in [0.05, 0.1) is 13.2 Å². The van der Waals surface area contributed by atoms with E-state index in [4.69, 9.17) is 24.4 Å². The van der Waals surface area contributed by atoms with Gasteiger partial charge in [0.15, 0.2) is 0 Å². The van der Waals surface area contributed by atoms with Gasteiger partial charge in [0.25, 0.3) is 0 Å². The second-order valence-electron chi connectivity index (χ2n) is 13.8. The number of allylic oxidation sites excluding steroid dienone is 2. The molecule has 0 aromatic carbocycles. The monoisotopic (exact) mass is 687 g/mol. The number of aliphatic hydroxyl groups excluding tert-OH is 1. The fourth-order valence-electron chi connectivity index (χ4n) is 7.91. The molecule has 2 aliphatic heterocycles. The van der Waals surface area contributed by atoms with Crippen LogP contribution in [0.1, 0.15) is 92.4 Å². The molecule has 5 heterocycles. The molecule has 3 aromatic heterocycles. The van der Waals surface area contributed by atoms with Crippen molar-refractivity contribution in [3.63, 3.8) is 0 Å². The number of nitrogens with one attached hydrogen (secondary N) is 1. The van der Waals surface area contributed by atoms with Gasteiger partial charge < -0.3 is 34.8 Å². The zero-order valence-electron chi connectivity index (χ0n) is 30.8. The molecule has 4 atom stereocenters. The number of aliphatic hydroxyl groups is 1. The molecule has 3 aliphatic rings. The van der Waals surface area contributed by atoms with Crippen molar-refractivity contribution in [3.05, 3.63) is 83.5 Å². The summed E-state index contributed by atoms with van der Waals surface area (Å²) in [7, 11) is 1.33. The molecule has 2 N–H and O–H groups in total. The molecule has 1 unspecified atom stereocenters. The van der Waals surface area contributed by atoms with E-state index in [1.807, 2.05) is 32.9 Å². The van der Waals surface area contributed by atoms with Gasteiger partial charge in [0, 0.05) is 23.3 Å². The molecule has 10 heteroatoms. The predicted molar refractivity (Wildman–Crippen MR) is 196 cm³/mol. The van der Waals surface area contributed by atoms with Crippen molar-refractivity contribution in [1.29, 1.82) is 0 Å². The van der Waals surface area contributed by atoms with Crippen LogP contribution in [-0.4, -0.2) is 59.9 Å². The number of hydrogen-bond donors (Lipinski definition) is 2. The third-order valence-electron chi connectivity index (χ3n) is 10.7. The molecule has 260 valence electrons. The van der Waals surface area contributed by atoms with Crippen molar-refractivity contribution in [1.82, 2.24) is 20.3 Å². The first-order valence-corrected chi connectivity index (χ1v) is 17.4. The molecule has 50 heavy (non-hydrogen) atoms. The summed E-state index contributed by atoms with van der Waals surface area (Å²) in [5.74, 6) is -2.07. The molecule has 0 radical (unpaired) electrons. The molecule has 1 aliphatic carbocycles. The topological polar surface area (TPSA) is 127 Å². The summed E-state index contributed by atoms with van der Waals surface area (Å²) in [4.78, 5) is 41.7. The summed E-state index contributed by atoms with van der Waals surface area (Å²) in [6, 6.07) is -0.418. The number of carbonyl (C=O) groups is 2. The van der Waals surface area contributed by atoms with Gasteiger partial charge in [-0.05, 0) is 71.4 Å². The zero-order valence-corrected chi connectivity index (χ0v) is 32.2. The minimum absolute atomic E-state index is 0. The number of nitrogens with zero attached hydrogens (tertiary/aromatic N) is 3. The summed E-state index contributed by atoms with van der Waals surface area (Å²) < 4.78 is 10.8.